The number of benzene rings is 2. The van der Waals surface area contributed by atoms with Crippen LogP contribution < -0.4 is 10.5 Å². The van der Waals surface area contributed by atoms with Crippen LogP contribution in [0.25, 0.3) is 11.3 Å². The molecule has 0 radical (unpaired) electrons. The first-order valence-electron chi connectivity index (χ1n) is 9.54. The summed E-state index contributed by atoms with van der Waals surface area (Å²) in [6.07, 6.45) is 1.87. The number of hydrogen-bond acceptors (Lipinski definition) is 3. The van der Waals surface area contributed by atoms with Gasteiger partial charge in [-0.05, 0) is 44.4 Å². The largest absolute Gasteiger partial charge is 0.310 e. The number of aryl methyl sites for hydroxylation is 1. The van der Waals surface area contributed by atoms with Gasteiger partial charge in [-0.2, -0.15) is 5.10 Å². The van der Waals surface area contributed by atoms with Crippen molar-refractivity contribution in [1.82, 2.24) is 9.78 Å². The van der Waals surface area contributed by atoms with Crippen LogP contribution in [0.1, 0.15) is 25.8 Å². The highest BCUT2D eigenvalue weighted by Gasteiger charge is 2.38. The molecule has 3 aromatic rings. The maximum atomic E-state index is 13.5. The van der Waals surface area contributed by atoms with Crippen LogP contribution in [-0.4, -0.2) is 22.2 Å². The molecule has 5 nitrogen and oxygen atoms in total. The summed E-state index contributed by atoms with van der Waals surface area (Å²) < 4.78 is 1.31. The summed E-state index contributed by atoms with van der Waals surface area (Å²) in [6, 6.07) is 20.8. The standard InChI is InChI=1S/C23H23N3O2/c1-23(2,22(28)25-16-8-12-18-11-6-7-13-20(18)25)26-21(27)15-14-19(24-26)17-9-4-3-5-10-17/h3-7,9-11,13-15H,8,12,16H2,1-2H3. The number of aromatic nitrogens is 2. The van der Waals surface area contributed by atoms with Crippen LogP contribution in [0.15, 0.2) is 71.5 Å². The first-order chi connectivity index (χ1) is 13.5. The van der Waals surface area contributed by atoms with Gasteiger partial charge in [0.15, 0.2) is 0 Å². The molecule has 2 heterocycles. The van der Waals surface area contributed by atoms with Crippen LogP contribution in [0.3, 0.4) is 0 Å². The summed E-state index contributed by atoms with van der Waals surface area (Å²) in [7, 11) is 0. The SMILES string of the molecule is CC(C)(C(=O)N1CCCc2ccccc21)n1nc(-c2ccccc2)ccc1=O. The van der Waals surface area contributed by atoms with E-state index in [0.29, 0.717) is 12.2 Å². The Morgan fingerprint density at radius 1 is 0.964 bits per heavy atom. The Labute approximate surface area is 164 Å². The van der Waals surface area contributed by atoms with E-state index in [1.165, 1.54) is 10.7 Å². The summed E-state index contributed by atoms with van der Waals surface area (Å²) in [6.45, 7) is 4.16. The first-order valence-corrected chi connectivity index (χ1v) is 9.54. The lowest BCUT2D eigenvalue weighted by atomic mass is 9.97. The van der Waals surface area contributed by atoms with Crippen molar-refractivity contribution in [3.63, 3.8) is 0 Å². The van der Waals surface area contributed by atoms with Gasteiger partial charge in [0, 0.05) is 23.9 Å². The third kappa shape index (κ3) is 3.13. The minimum Gasteiger partial charge on any atom is -0.310 e. The van der Waals surface area contributed by atoms with E-state index in [1.54, 1.807) is 24.8 Å². The molecule has 4 rings (SSSR count). The van der Waals surface area contributed by atoms with E-state index in [1.807, 2.05) is 48.5 Å². The molecule has 0 N–H and O–H groups in total. The number of carbonyl (C=O) groups is 1. The van der Waals surface area contributed by atoms with E-state index in [0.717, 1.165) is 29.7 Å². The van der Waals surface area contributed by atoms with Gasteiger partial charge >= 0.3 is 0 Å². The zero-order valence-electron chi connectivity index (χ0n) is 16.1. The smallest absolute Gasteiger partial charge is 0.267 e. The summed E-state index contributed by atoms with van der Waals surface area (Å²) in [5.74, 6) is -0.125. The van der Waals surface area contributed by atoms with E-state index in [-0.39, 0.29) is 11.5 Å². The Kier molecular flexibility index (Phi) is 4.59. The molecule has 0 spiro atoms. The van der Waals surface area contributed by atoms with E-state index >= 15 is 0 Å². The third-order valence-electron chi connectivity index (χ3n) is 5.28. The number of carbonyl (C=O) groups excluding carboxylic acids is 1. The second kappa shape index (κ2) is 7.08. The van der Waals surface area contributed by atoms with Gasteiger partial charge in [-0.3, -0.25) is 9.59 Å². The highest BCUT2D eigenvalue weighted by molar-refractivity contribution is 5.99. The molecule has 1 aliphatic heterocycles. The Morgan fingerprint density at radius 3 is 2.46 bits per heavy atom. The quantitative estimate of drug-likeness (QED) is 0.705. The van der Waals surface area contributed by atoms with Crippen LogP contribution in [0, 0.1) is 0 Å². The second-order valence-corrected chi connectivity index (χ2v) is 7.58. The minimum absolute atomic E-state index is 0.125. The number of hydrogen-bond donors (Lipinski definition) is 0. The van der Waals surface area contributed by atoms with Crippen molar-refractivity contribution in [3.05, 3.63) is 82.6 Å². The van der Waals surface area contributed by atoms with Crippen LogP contribution in [0.4, 0.5) is 5.69 Å². The van der Waals surface area contributed by atoms with Crippen molar-refractivity contribution in [1.29, 1.82) is 0 Å². The molecule has 142 valence electrons. The zero-order valence-corrected chi connectivity index (χ0v) is 16.1. The topological polar surface area (TPSA) is 55.2 Å². The van der Waals surface area contributed by atoms with Gasteiger partial charge in [0.2, 0.25) is 0 Å². The zero-order chi connectivity index (χ0) is 19.7. The normalized spacial score (nSPS) is 13.9. The number of nitrogens with zero attached hydrogens (tertiary/aromatic N) is 3. The maximum Gasteiger partial charge on any atom is 0.267 e. The summed E-state index contributed by atoms with van der Waals surface area (Å²) in [5, 5.41) is 4.54. The monoisotopic (exact) mass is 373 g/mol. The predicted molar refractivity (Wildman–Crippen MR) is 110 cm³/mol. The molecular weight excluding hydrogens is 350 g/mol. The first kappa shape index (κ1) is 18.2. The van der Waals surface area contributed by atoms with Gasteiger partial charge in [-0.15, -0.1) is 0 Å². The van der Waals surface area contributed by atoms with Crippen LogP contribution in [0.5, 0.6) is 0 Å². The third-order valence-corrected chi connectivity index (χ3v) is 5.28. The Hall–Kier alpha value is -3.21. The van der Waals surface area contributed by atoms with E-state index in [4.69, 9.17) is 0 Å². The molecule has 0 saturated heterocycles. The molecular formula is C23H23N3O2. The van der Waals surface area contributed by atoms with Crippen LogP contribution >= 0.6 is 0 Å². The van der Waals surface area contributed by atoms with Gasteiger partial charge in [0.25, 0.3) is 11.5 Å². The molecule has 0 unspecified atom stereocenters. The molecule has 1 aromatic heterocycles. The number of fused-ring (bicyclic) bond motifs is 1. The molecule has 2 aromatic carbocycles. The minimum atomic E-state index is -1.10. The van der Waals surface area contributed by atoms with Crippen LogP contribution in [0.2, 0.25) is 0 Å². The fourth-order valence-corrected chi connectivity index (χ4v) is 3.74. The number of rotatable bonds is 3. The average Bonchev–Trinajstić information content (AvgIpc) is 2.73. The van der Waals surface area contributed by atoms with Crippen molar-refractivity contribution in [2.75, 3.05) is 11.4 Å². The van der Waals surface area contributed by atoms with Crippen molar-refractivity contribution < 1.29 is 4.79 Å². The van der Waals surface area contributed by atoms with Gasteiger partial charge in [-0.25, -0.2) is 4.68 Å². The lowest BCUT2D eigenvalue weighted by Crippen LogP contribution is -2.52. The molecule has 1 aliphatic rings. The summed E-state index contributed by atoms with van der Waals surface area (Å²) in [4.78, 5) is 27.9. The number of para-hydroxylation sites is 1. The maximum absolute atomic E-state index is 13.5. The van der Waals surface area contributed by atoms with Crippen molar-refractivity contribution in [2.45, 2.75) is 32.2 Å². The van der Waals surface area contributed by atoms with Crippen molar-refractivity contribution in [3.8, 4) is 11.3 Å². The number of anilines is 1. The molecule has 0 bridgehead atoms. The fourth-order valence-electron chi connectivity index (χ4n) is 3.74. The molecule has 0 atom stereocenters. The Balaban J connectivity index is 1.75. The predicted octanol–water partition coefficient (Wildman–Crippen LogP) is 3.62. The van der Waals surface area contributed by atoms with Crippen molar-refractivity contribution in [2.24, 2.45) is 0 Å². The fraction of sp³-hybridized carbons (Fsp3) is 0.261. The van der Waals surface area contributed by atoms with E-state index < -0.39 is 5.54 Å². The Morgan fingerprint density at radius 2 is 1.68 bits per heavy atom. The molecule has 0 fully saturated rings. The average molecular weight is 373 g/mol. The van der Waals surface area contributed by atoms with Crippen LogP contribution in [-0.2, 0) is 16.8 Å². The molecule has 0 aliphatic carbocycles. The van der Waals surface area contributed by atoms with Gasteiger partial charge in [-0.1, -0.05) is 48.5 Å². The molecule has 1 amide bonds. The van der Waals surface area contributed by atoms with E-state index in [9.17, 15) is 9.59 Å². The summed E-state index contributed by atoms with van der Waals surface area (Å²) >= 11 is 0. The molecule has 5 heteroatoms. The number of amides is 1. The lowest BCUT2D eigenvalue weighted by molar-refractivity contribution is -0.126. The van der Waals surface area contributed by atoms with E-state index in [2.05, 4.69) is 11.2 Å². The van der Waals surface area contributed by atoms with Gasteiger partial charge in [0.1, 0.15) is 5.54 Å². The highest BCUT2D eigenvalue weighted by Crippen LogP contribution is 2.30. The van der Waals surface area contributed by atoms with Gasteiger partial charge < -0.3 is 4.90 Å². The second-order valence-electron chi connectivity index (χ2n) is 7.58. The highest BCUT2D eigenvalue weighted by atomic mass is 16.2. The Bertz CT molecular complexity index is 1070. The summed E-state index contributed by atoms with van der Waals surface area (Å²) in [5.41, 5.74) is 2.27. The lowest BCUT2D eigenvalue weighted by Gasteiger charge is -2.36. The van der Waals surface area contributed by atoms with Crippen molar-refractivity contribution >= 4 is 11.6 Å². The molecule has 0 saturated carbocycles. The van der Waals surface area contributed by atoms with Gasteiger partial charge in [0.05, 0.1) is 5.69 Å². The molecule has 28 heavy (non-hydrogen) atoms.